The van der Waals surface area contributed by atoms with Crippen molar-refractivity contribution >= 4 is 50.2 Å². The minimum atomic E-state index is -4.00. The summed E-state index contributed by atoms with van der Waals surface area (Å²) in [7, 11) is -2.62. The highest BCUT2D eigenvalue weighted by Gasteiger charge is 2.22. The summed E-state index contributed by atoms with van der Waals surface area (Å²) in [4.78, 5) is 12.1. The van der Waals surface area contributed by atoms with Gasteiger partial charge < -0.3 is 10.1 Å². The van der Waals surface area contributed by atoms with Crippen LogP contribution in [0.25, 0.3) is 0 Å². The Morgan fingerprint density at radius 3 is 2.64 bits per heavy atom. The Morgan fingerprint density at radius 2 is 1.96 bits per heavy atom. The maximum atomic E-state index is 12.9. The van der Waals surface area contributed by atoms with Crippen LogP contribution in [0.5, 0.6) is 5.75 Å². The van der Waals surface area contributed by atoms with E-state index in [4.69, 9.17) is 16.3 Å². The van der Waals surface area contributed by atoms with Crippen molar-refractivity contribution < 1.29 is 17.9 Å². The zero-order valence-corrected chi connectivity index (χ0v) is 17.2. The van der Waals surface area contributed by atoms with Gasteiger partial charge in [-0.15, -0.1) is 0 Å². The molecule has 0 spiro atoms. The van der Waals surface area contributed by atoms with Gasteiger partial charge in [0.2, 0.25) is 5.91 Å². The first-order chi connectivity index (χ1) is 13.4. The zero-order valence-electron chi connectivity index (χ0n) is 14.8. The highest BCUT2D eigenvalue weighted by atomic mass is 35.5. The number of benzene rings is 2. The summed E-state index contributed by atoms with van der Waals surface area (Å²) in [5, 5.41) is 6.76. The van der Waals surface area contributed by atoms with E-state index < -0.39 is 10.0 Å². The molecule has 0 aliphatic heterocycles. The Labute approximate surface area is 172 Å². The molecule has 0 saturated heterocycles. The first-order valence-electron chi connectivity index (χ1n) is 8.15. The molecule has 1 amide bonds. The molecule has 9 heteroatoms. The number of anilines is 2. The van der Waals surface area contributed by atoms with Crippen molar-refractivity contribution in [1.29, 1.82) is 0 Å². The van der Waals surface area contributed by atoms with Crippen molar-refractivity contribution in [3.05, 3.63) is 69.9 Å². The Kier molecular flexibility index (Phi) is 6.23. The summed E-state index contributed by atoms with van der Waals surface area (Å²) < 4.78 is 33.4. The van der Waals surface area contributed by atoms with Gasteiger partial charge in [0.05, 0.1) is 24.2 Å². The molecule has 6 nitrogen and oxygen atoms in total. The second-order valence-electron chi connectivity index (χ2n) is 5.81. The number of rotatable bonds is 7. The van der Waals surface area contributed by atoms with Crippen LogP contribution in [-0.4, -0.2) is 21.4 Å². The topological polar surface area (TPSA) is 84.5 Å². The molecule has 0 aliphatic carbocycles. The molecule has 0 radical (unpaired) electrons. The van der Waals surface area contributed by atoms with Gasteiger partial charge in [0.15, 0.2) is 0 Å². The second-order valence-corrected chi connectivity index (χ2v) is 8.65. The van der Waals surface area contributed by atoms with E-state index in [1.165, 1.54) is 30.6 Å². The lowest BCUT2D eigenvalue weighted by Gasteiger charge is -2.14. The van der Waals surface area contributed by atoms with Gasteiger partial charge in [-0.1, -0.05) is 23.7 Å². The van der Waals surface area contributed by atoms with E-state index in [-0.39, 0.29) is 33.7 Å². The summed E-state index contributed by atoms with van der Waals surface area (Å²) in [5.74, 6) is -0.0960. The lowest BCUT2D eigenvalue weighted by Crippen LogP contribution is -2.17. The van der Waals surface area contributed by atoms with Crippen LogP contribution in [0.15, 0.2) is 64.2 Å². The number of hydrogen-bond donors (Lipinski definition) is 2. The van der Waals surface area contributed by atoms with Crippen LogP contribution in [-0.2, 0) is 21.2 Å². The minimum Gasteiger partial charge on any atom is -0.495 e. The van der Waals surface area contributed by atoms with Gasteiger partial charge in [-0.2, -0.15) is 11.3 Å². The fourth-order valence-corrected chi connectivity index (χ4v) is 4.68. The lowest BCUT2D eigenvalue weighted by atomic mass is 10.2. The fraction of sp³-hybridized carbons (Fsp3) is 0.105. The first kappa shape index (κ1) is 20.2. The van der Waals surface area contributed by atoms with Crippen LogP contribution in [0, 0.1) is 0 Å². The standard InChI is InChI=1S/C19H17ClN2O4S2/c1-26-17-7-6-14(21-19(23)10-13-8-9-27-12-13)11-18(17)28(24,25)22-16-5-3-2-4-15(16)20/h2-9,11-12,22H,10H2,1H3,(H,21,23). The molecule has 3 rings (SSSR count). The number of carbonyl (C=O) groups is 1. The number of hydrogen-bond acceptors (Lipinski definition) is 5. The number of thiophene rings is 1. The third-order valence-electron chi connectivity index (χ3n) is 3.80. The van der Waals surface area contributed by atoms with Crippen LogP contribution >= 0.6 is 22.9 Å². The van der Waals surface area contributed by atoms with Crippen molar-refractivity contribution in [3.63, 3.8) is 0 Å². The SMILES string of the molecule is COc1ccc(NC(=O)Cc2ccsc2)cc1S(=O)(=O)Nc1ccccc1Cl. The molecule has 2 N–H and O–H groups in total. The third kappa shape index (κ3) is 4.83. The highest BCUT2D eigenvalue weighted by Crippen LogP contribution is 2.30. The van der Waals surface area contributed by atoms with Crippen LogP contribution in [0.2, 0.25) is 5.02 Å². The summed E-state index contributed by atoms with van der Waals surface area (Å²) in [6.45, 7) is 0. The molecule has 1 heterocycles. The van der Waals surface area contributed by atoms with E-state index in [2.05, 4.69) is 10.0 Å². The minimum absolute atomic E-state index is 0.108. The number of nitrogens with one attached hydrogen (secondary N) is 2. The van der Waals surface area contributed by atoms with E-state index >= 15 is 0 Å². The van der Waals surface area contributed by atoms with E-state index in [0.29, 0.717) is 5.69 Å². The van der Waals surface area contributed by atoms with Crippen LogP contribution in [0.4, 0.5) is 11.4 Å². The summed E-state index contributed by atoms with van der Waals surface area (Å²) >= 11 is 7.55. The Balaban J connectivity index is 1.86. The third-order valence-corrected chi connectivity index (χ3v) is 6.25. The van der Waals surface area contributed by atoms with Crippen LogP contribution in [0.1, 0.15) is 5.56 Å². The number of halogens is 1. The van der Waals surface area contributed by atoms with Gasteiger partial charge in [-0.25, -0.2) is 8.42 Å². The Hall–Kier alpha value is -2.55. The number of sulfonamides is 1. The average Bonchev–Trinajstić information content (AvgIpc) is 3.16. The summed E-state index contributed by atoms with van der Waals surface area (Å²) in [6, 6.07) is 12.8. The van der Waals surface area contributed by atoms with Crippen molar-refractivity contribution in [2.75, 3.05) is 17.1 Å². The van der Waals surface area contributed by atoms with E-state index in [9.17, 15) is 13.2 Å². The van der Waals surface area contributed by atoms with Crippen LogP contribution < -0.4 is 14.8 Å². The molecule has 2 aromatic carbocycles. The van der Waals surface area contributed by atoms with Gasteiger partial charge in [-0.05, 0) is 52.7 Å². The van der Waals surface area contributed by atoms with Gasteiger partial charge in [0, 0.05) is 5.69 Å². The van der Waals surface area contributed by atoms with Gasteiger partial charge in [-0.3, -0.25) is 9.52 Å². The molecule has 0 aliphatic rings. The van der Waals surface area contributed by atoms with Crippen LogP contribution in [0.3, 0.4) is 0 Å². The molecule has 0 fully saturated rings. The number of amides is 1. The smallest absolute Gasteiger partial charge is 0.265 e. The number of carbonyl (C=O) groups excluding carboxylic acids is 1. The van der Waals surface area contributed by atoms with Crippen molar-refractivity contribution in [2.45, 2.75) is 11.3 Å². The van der Waals surface area contributed by atoms with Crippen molar-refractivity contribution in [2.24, 2.45) is 0 Å². The normalized spacial score (nSPS) is 11.1. The maximum Gasteiger partial charge on any atom is 0.265 e. The van der Waals surface area contributed by atoms with Gasteiger partial charge in [0.1, 0.15) is 10.6 Å². The first-order valence-corrected chi connectivity index (χ1v) is 11.0. The molecule has 0 atom stereocenters. The molecule has 3 aromatic rings. The molecule has 1 aromatic heterocycles. The van der Waals surface area contributed by atoms with Gasteiger partial charge in [0.25, 0.3) is 10.0 Å². The predicted molar refractivity (Wildman–Crippen MR) is 112 cm³/mol. The number of para-hydroxylation sites is 1. The van der Waals surface area contributed by atoms with E-state index in [1.807, 2.05) is 16.8 Å². The second kappa shape index (κ2) is 8.64. The van der Waals surface area contributed by atoms with Crippen molar-refractivity contribution in [1.82, 2.24) is 0 Å². The Morgan fingerprint density at radius 1 is 1.18 bits per heavy atom. The molecule has 146 valence electrons. The summed E-state index contributed by atoms with van der Waals surface area (Å²) in [5.41, 5.74) is 1.49. The molecular weight excluding hydrogens is 420 g/mol. The maximum absolute atomic E-state index is 12.9. The van der Waals surface area contributed by atoms with Gasteiger partial charge >= 0.3 is 0 Å². The largest absolute Gasteiger partial charge is 0.495 e. The molecule has 0 saturated carbocycles. The van der Waals surface area contributed by atoms with Crippen molar-refractivity contribution in [3.8, 4) is 5.75 Å². The van der Waals surface area contributed by atoms with E-state index in [1.54, 1.807) is 30.3 Å². The summed E-state index contributed by atoms with van der Waals surface area (Å²) in [6.07, 6.45) is 0.204. The molecule has 0 unspecified atom stereocenters. The number of methoxy groups -OCH3 is 1. The average molecular weight is 437 g/mol. The lowest BCUT2D eigenvalue weighted by molar-refractivity contribution is -0.115. The molecule has 28 heavy (non-hydrogen) atoms. The molecule has 0 bridgehead atoms. The quantitative estimate of drug-likeness (QED) is 0.575. The zero-order chi connectivity index (χ0) is 20.1. The number of ether oxygens (including phenoxy) is 1. The fourth-order valence-electron chi connectivity index (χ4n) is 2.49. The Bertz CT molecular complexity index is 1080. The molecular formula is C19H17ClN2O4S2. The highest BCUT2D eigenvalue weighted by molar-refractivity contribution is 7.92. The monoisotopic (exact) mass is 436 g/mol. The predicted octanol–water partition coefficient (Wildman–Crippen LogP) is 4.39. The van der Waals surface area contributed by atoms with E-state index in [0.717, 1.165) is 5.56 Å².